The SMILES string of the molecule is COc1ccc(OCc2c(C)n(C(=O)OC(C)(C)C)c3ccccc23)cc1. The largest absolute Gasteiger partial charge is 0.497 e. The molecule has 0 bridgehead atoms. The molecule has 0 N–H and O–H groups in total. The van der Waals surface area contributed by atoms with Crippen LogP contribution in [-0.2, 0) is 11.3 Å². The molecule has 1 heterocycles. The fraction of sp³-hybridized carbons (Fsp3) is 0.318. The number of methoxy groups -OCH3 is 1. The Labute approximate surface area is 159 Å². The smallest absolute Gasteiger partial charge is 0.419 e. The minimum Gasteiger partial charge on any atom is -0.497 e. The van der Waals surface area contributed by atoms with Crippen LogP contribution in [-0.4, -0.2) is 23.4 Å². The van der Waals surface area contributed by atoms with Crippen LogP contribution >= 0.6 is 0 Å². The molecule has 0 fully saturated rings. The van der Waals surface area contributed by atoms with Crippen molar-refractivity contribution in [3.8, 4) is 11.5 Å². The van der Waals surface area contributed by atoms with E-state index in [1.54, 1.807) is 11.7 Å². The first-order valence-corrected chi connectivity index (χ1v) is 8.89. The first-order chi connectivity index (χ1) is 12.8. The quantitative estimate of drug-likeness (QED) is 0.626. The van der Waals surface area contributed by atoms with Gasteiger partial charge in [0.25, 0.3) is 0 Å². The topological polar surface area (TPSA) is 49.7 Å². The molecular formula is C22H25NO4. The number of ether oxygens (including phenoxy) is 3. The van der Waals surface area contributed by atoms with Crippen molar-refractivity contribution in [2.24, 2.45) is 0 Å². The maximum Gasteiger partial charge on any atom is 0.419 e. The molecule has 0 amide bonds. The minimum absolute atomic E-state index is 0.356. The highest BCUT2D eigenvalue weighted by atomic mass is 16.6. The molecule has 5 nitrogen and oxygen atoms in total. The summed E-state index contributed by atoms with van der Waals surface area (Å²) < 4.78 is 18.3. The number of aromatic nitrogens is 1. The molecule has 0 saturated heterocycles. The van der Waals surface area contributed by atoms with Crippen LogP contribution in [0.4, 0.5) is 4.79 Å². The zero-order chi connectivity index (χ0) is 19.6. The van der Waals surface area contributed by atoms with E-state index in [0.29, 0.717) is 6.61 Å². The van der Waals surface area contributed by atoms with Crippen LogP contribution in [0.1, 0.15) is 32.0 Å². The average Bonchev–Trinajstić information content (AvgIpc) is 2.90. The normalized spacial score (nSPS) is 11.4. The predicted octanol–water partition coefficient (Wildman–Crippen LogP) is 5.32. The Balaban J connectivity index is 1.93. The Hall–Kier alpha value is -2.95. The van der Waals surface area contributed by atoms with E-state index < -0.39 is 5.60 Å². The van der Waals surface area contributed by atoms with E-state index in [9.17, 15) is 4.79 Å². The highest BCUT2D eigenvalue weighted by Gasteiger charge is 2.23. The number of carbonyl (C=O) groups is 1. The summed E-state index contributed by atoms with van der Waals surface area (Å²) in [5.74, 6) is 1.52. The average molecular weight is 367 g/mol. The number of carbonyl (C=O) groups excluding carboxylic acids is 1. The van der Waals surface area contributed by atoms with Gasteiger partial charge in [-0.1, -0.05) is 18.2 Å². The molecule has 0 unspecified atom stereocenters. The Morgan fingerprint density at radius 1 is 1.00 bits per heavy atom. The summed E-state index contributed by atoms with van der Waals surface area (Å²) >= 11 is 0. The van der Waals surface area contributed by atoms with Gasteiger partial charge in [0.2, 0.25) is 0 Å². The van der Waals surface area contributed by atoms with E-state index in [0.717, 1.165) is 33.7 Å². The Kier molecular flexibility index (Phi) is 5.13. The standard InChI is InChI=1S/C22H25NO4/c1-15-19(14-26-17-12-10-16(25-5)11-13-17)18-8-6-7-9-20(18)23(15)21(24)27-22(2,3)4/h6-13H,14H2,1-5H3. The number of fused-ring (bicyclic) bond motifs is 1. The van der Waals surface area contributed by atoms with Gasteiger partial charge in [-0.2, -0.15) is 0 Å². The molecule has 0 aliphatic rings. The minimum atomic E-state index is -0.561. The molecule has 0 radical (unpaired) electrons. The van der Waals surface area contributed by atoms with Crippen LogP contribution < -0.4 is 9.47 Å². The van der Waals surface area contributed by atoms with Crippen LogP contribution in [0.2, 0.25) is 0 Å². The van der Waals surface area contributed by atoms with Gasteiger partial charge in [-0.05, 0) is 58.0 Å². The number of hydrogen-bond donors (Lipinski definition) is 0. The van der Waals surface area contributed by atoms with E-state index in [1.165, 1.54) is 0 Å². The number of rotatable bonds is 4. The molecule has 1 aromatic heterocycles. The lowest BCUT2D eigenvalue weighted by Crippen LogP contribution is -2.27. The Morgan fingerprint density at radius 3 is 2.26 bits per heavy atom. The van der Waals surface area contributed by atoms with E-state index in [2.05, 4.69) is 0 Å². The predicted molar refractivity (Wildman–Crippen MR) is 106 cm³/mol. The first kappa shape index (κ1) is 18.8. The number of nitrogens with zero attached hydrogens (tertiary/aromatic N) is 1. The molecular weight excluding hydrogens is 342 g/mol. The van der Waals surface area contributed by atoms with E-state index >= 15 is 0 Å². The van der Waals surface area contributed by atoms with Crippen LogP contribution in [0.5, 0.6) is 11.5 Å². The zero-order valence-corrected chi connectivity index (χ0v) is 16.4. The summed E-state index contributed by atoms with van der Waals surface area (Å²) in [6.45, 7) is 7.85. The van der Waals surface area contributed by atoms with Gasteiger partial charge < -0.3 is 14.2 Å². The third kappa shape index (κ3) is 4.08. The summed E-state index contributed by atoms with van der Waals surface area (Å²) in [4.78, 5) is 12.7. The van der Waals surface area contributed by atoms with Gasteiger partial charge in [-0.25, -0.2) is 9.36 Å². The van der Waals surface area contributed by atoms with Crippen LogP contribution in [0.15, 0.2) is 48.5 Å². The maximum absolute atomic E-state index is 12.7. The van der Waals surface area contributed by atoms with Gasteiger partial charge in [0, 0.05) is 16.6 Å². The molecule has 0 spiro atoms. The fourth-order valence-corrected chi connectivity index (χ4v) is 2.99. The van der Waals surface area contributed by atoms with Gasteiger partial charge in [0.05, 0.1) is 12.6 Å². The van der Waals surface area contributed by atoms with Gasteiger partial charge in [-0.3, -0.25) is 0 Å². The third-order valence-electron chi connectivity index (χ3n) is 4.26. The highest BCUT2D eigenvalue weighted by Crippen LogP contribution is 2.28. The van der Waals surface area contributed by atoms with Gasteiger partial charge in [0.1, 0.15) is 23.7 Å². The van der Waals surface area contributed by atoms with Crippen molar-refractivity contribution >= 4 is 17.0 Å². The molecule has 0 aliphatic carbocycles. The third-order valence-corrected chi connectivity index (χ3v) is 4.26. The van der Waals surface area contributed by atoms with Crippen LogP contribution in [0.25, 0.3) is 10.9 Å². The van der Waals surface area contributed by atoms with E-state index in [4.69, 9.17) is 14.2 Å². The summed E-state index contributed by atoms with van der Waals surface area (Å²) in [5, 5.41) is 0.981. The molecule has 0 aliphatic heterocycles. The van der Waals surface area contributed by atoms with E-state index in [1.807, 2.05) is 76.2 Å². The molecule has 3 rings (SSSR count). The summed E-state index contributed by atoms with van der Waals surface area (Å²) in [6, 6.07) is 15.2. The van der Waals surface area contributed by atoms with Gasteiger partial charge >= 0.3 is 6.09 Å². The summed E-state index contributed by atoms with van der Waals surface area (Å²) in [5.41, 5.74) is 2.04. The zero-order valence-electron chi connectivity index (χ0n) is 16.4. The lowest BCUT2D eigenvalue weighted by molar-refractivity contribution is 0.0541. The van der Waals surface area contributed by atoms with Crippen molar-refractivity contribution in [3.05, 3.63) is 59.8 Å². The Bertz CT molecular complexity index is 949. The van der Waals surface area contributed by atoms with Crippen molar-refractivity contribution < 1.29 is 19.0 Å². The molecule has 142 valence electrons. The molecule has 27 heavy (non-hydrogen) atoms. The lowest BCUT2D eigenvalue weighted by atomic mass is 10.1. The second kappa shape index (κ2) is 7.35. The van der Waals surface area contributed by atoms with E-state index in [-0.39, 0.29) is 6.09 Å². The number of benzene rings is 2. The number of para-hydroxylation sites is 1. The summed E-state index contributed by atoms with van der Waals surface area (Å²) in [7, 11) is 1.63. The van der Waals surface area contributed by atoms with Crippen molar-refractivity contribution in [1.29, 1.82) is 0 Å². The molecule has 0 atom stereocenters. The molecule has 5 heteroatoms. The van der Waals surface area contributed by atoms with Gasteiger partial charge in [0.15, 0.2) is 0 Å². The second-order valence-electron chi connectivity index (χ2n) is 7.36. The summed E-state index contributed by atoms with van der Waals surface area (Å²) in [6.07, 6.45) is -0.383. The van der Waals surface area contributed by atoms with Crippen molar-refractivity contribution in [3.63, 3.8) is 0 Å². The Morgan fingerprint density at radius 2 is 1.63 bits per heavy atom. The van der Waals surface area contributed by atoms with Crippen LogP contribution in [0, 0.1) is 6.92 Å². The lowest BCUT2D eigenvalue weighted by Gasteiger charge is -2.20. The van der Waals surface area contributed by atoms with Crippen molar-refractivity contribution in [1.82, 2.24) is 4.57 Å². The van der Waals surface area contributed by atoms with Crippen LogP contribution in [0.3, 0.4) is 0 Å². The molecule has 2 aromatic carbocycles. The highest BCUT2D eigenvalue weighted by molar-refractivity contribution is 5.93. The second-order valence-corrected chi connectivity index (χ2v) is 7.36. The maximum atomic E-state index is 12.7. The monoisotopic (exact) mass is 367 g/mol. The van der Waals surface area contributed by atoms with Crippen molar-refractivity contribution in [2.45, 2.75) is 39.9 Å². The molecule has 3 aromatic rings. The van der Waals surface area contributed by atoms with Crippen molar-refractivity contribution in [2.75, 3.05) is 7.11 Å². The fourth-order valence-electron chi connectivity index (χ4n) is 2.99. The number of hydrogen-bond acceptors (Lipinski definition) is 4. The first-order valence-electron chi connectivity index (χ1n) is 8.89. The molecule has 0 saturated carbocycles. The van der Waals surface area contributed by atoms with Gasteiger partial charge in [-0.15, -0.1) is 0 Å².